The van der Waals surface area contributed by atoms with Gasteiger partial charge in [0.2, 0.25) is 0 Å². The molecule has 0 bridgehead atoms. The molecule has 1 aromatic heterocycles. The third kappa shape index (κ3) is 2.56. The number of aliphatic hydroxyl groups is 2. The van der Waals surface area contributed by atoms with Gasteiger partial charge in [-0.15, -0.1) is 11.3 Å². The summed E-state index contributed by atoms with van der Waals surface area (Å²) >= 11 is 1.53. The molecule has 0 aliphatic carbocycles. The Kier molecular flexibility index (Phi) is 3.35. The van der Waals surface area contributed by atoms with Crippen molar-refractivity contribution in [2.45, 2.75) is 39.9 Å². The van der Waals surface area contributed by atoms with Gasteiger partial charge in [-0.1, -0.05) is 20.8 Å². The lowest BCUT2D eigenvalue weighted by molar-refractivity contribution is -0.0442. The minimum absolute atomic E-state index is 0.294. The summed E-state index contributed by atoms with van der Waals surface area (Å²) in [6, 6.07) is 3.83. The lowest BCUT2D eigenvalue weighted by atomic mass is 9.85. The first-order chi connectivity index (χ1) is 6.32. The van der Waals surface area contributed by atoms with Gasteiger partial charge in [-0.05, 0) is 24.5 Å². The molecule has 0 aliphatic rings. The summed E-state index contributed by atoms with van der Waals surface area (Å²) < 4.78 is 0. The highest BCUT2D eigenvalue weighted by atomic mass is 32.1. The van der Waals surface area contributed by atoms with Crippen LogP contribution in [0.3, 0.4) is 0 Å². The van der Waals surface area contributed by atoms with Crippen LogP contribution in [-0.4, -0.2) is 16.3 Å². The standard InChI is InChI=1S/C11H18O2S/c1-7-5-6-8(14-7)9(12)10(13)11(2,3)4/h5-6,9-10,12-13H,1-4H3. The van der Waals surface area contributed by atoms with Crippen LogP contribution in [0.15, 0.2) is 12.1 Å². The van der Waals surface area contributed by atoms with Gasteiger partial charge in [0, 0.05) is 9.75 Å². The second kappa shape index (κ2) is 4.01. The summed E-state index contributed by atoms with van der Waals surface area (Å²) in [5.74, 6) is 0. The van der Waals surface area contributed by atoms with E-state index in [1.807, 2.05) is 39.8 Å². The summed E-state index contributed by atoms with van der Waals surface area (Å²) in [7, 11) is 0. The van der Waals surface area contributed by atoms with Gasteiger partial charge in [-0.25, -0.2) is 0 Å². The quantitative estimate of drug-likeness (QED) is 0.794. The van der Waals surface area contributed by atoms with Gasteiger partial charge in [0.15, 0.2) is 0 Å². The average Bonchev–Trinajstić information content (AvgIpc) is 2.47. The van der Waals surface area contributed by atoms with Crippen LogP contribution in [0.4, 0.5) is 0 Å². The van der Waals surface area contributed by atoms with Gasteiger partial charge in [0.1, 0.15) is 6.10 Å². The molecule has 0 amide bonds. The van der Waals surface area contributed by atoms with Gasteiger partial charge in [0.25, 0.3) is 0 Å². The molecule has 80 valence electrons. The number of hydrogen-bond donors (Lipinski definition) is 2. The van der Waals surface area contributed by atoms with Crippen LogP contribution in [0.5, 0.6) is 0 Å². The number of thiophene rings is 1. The maximum atomic E-state index is 9.90. The smallest absolute Gasteiger partial charge is 0.114 e. The van der Waals surface area contributed by atoms with Crippen LogP contribution >= 0.6 is 11.3 Å². The maximum absolute atomic E-state index is 9.90. The fourth-order valence-electron chi connectivity index (χ4n) is 1.24. The van der Waals surface area contributed by atoms with Crippen molar-refractivity contribution in [3.05, 3.63) is 21.9 Å². The van der Waals surface area contributed by atoms with Crippen molar-refractivity contribution in [1.82, 2.24) is 0 Å². The monoisotopic (exact) mass is 214 g/mol. The van der Waals surface area contributed by atoms with Crippen molar-refractivity contribution >= 4 is 11.3 Å². The van der Waals surface area contributed by atoms with Crippen molar-refractivity contribution in [1.29, 1.82) is 0 Å². The van der Waals surface area contributed by atoms with E-state index in [0.717, 1.165) is 9.75 Å². The minimum atomic E-state index is -0.770. The van der Waals surface area contributed by atoms with Gasteiger partial charge < -0.3 is 10.2 Å². The lowest BCUT2D eigenvalue weighted by Gasteiger charge is -2.29. The van der Waals surface area contributed by atoms with Crippen LogP contribution in [0, 0.1) is 12.3 Å². The Labute approximate surface area is 89.2 Å². The molecule has 3 heteroatoms. The molecule has 2 nitrogen and oxygen atoms in total. The lowest BCUT2D eigenvalue weighted by Crippen LogP contribution is -2.31. The molecule has 0 spiro atoms. The van der Waals surface area contributed by atoms with E-state index in [1.54, 1.807) is 0 Å². The first kappa shape index (κ1) is 11.7. The van der Waals surface area contributed by atoms with Gasteiger partial charge in [0.05, 0.1) is 6.10 Å². The van der Waals surface area contributed by atoms with Crippen LogP contribution in [-0.2, 0) is 0 Å². The number of rotatable bonds is 2. The highest BCUT2D eigenvalue weighted by Gasteiger charge is 2.30. The first-order valence-electron chi connectivity index (χ1n) is 4.75. The maximum Gasteiger partial charge on any atom is 0.114 e. The predicted octanol–water partition coefficient (Wildman–Crippen LogP) is 2.50. The summed E-state index contributed by atoms with van der Waals surface area (Å²) in [5.41, 5.74) is -0.294. The van der Waals surface area contributed by atoms with Crippen molar-refractivity contribution in [3.8, 4) is 0 Å². The molecule has 0 saturated carbocycles. The molecule has 1 heterocycles. The molecule has 2 unspecified atom stereocenters. The van der Waals surface area contributed by atoms with Gasteiger partial charge >= 0.3 is 0 Å². The molecule has 0 saturated heterocycles. The number of aryl methyl sites for hydroxylation is 1. The Hall–Kier alpha value is -0.380. The highest BCUT2D eigenvalue weighted by molar-refractivity contribution is 7.12. The zero-order valence-electron chi connectivity index (χ0n) is 9.11. The number of hydrogen-bond acceptors (Lipinski definition) is 3. The third-order valence-electron chi connectivity index (χ3n) is 2.24. The summed E-state index contributed by atoms with van der Waals surface area (Å²) in [5, 5.41) is 19.8. The zero-order chi connectivity index (χ0) is 10.9. The Balaban J connectivity index is 2.80. The first-order valence-corrected chi connectivity index (χ1v) is 5.56. The molecule has 14 heavy (non-hydrogen) atoms. The van der Waals surface area contributed by atoms with Crippen LogP contribution < -0.4 is 0 Å². The van der Waals surface area contributed by atoms with E-state index >= 15 is 0 Å². The van der Waals surface area contributed by atoms with Crippen molar-refractivity contribution in [3.63, 3.8) is 0 Å². The van der Waals surface area contributed by atoms with E-state index in [4.69, 9.17) is 0 Å². The molecule has 2 N–H and O–H groups in total. The Morgan fingerprint density at radius 2 is 1.79 bits per heavy atom. The van der Waals surface area contributed by atoms with Crippen molar-refractivity contribution in [2.75, 3.05) is 0 Å². The molecule has 0 radical (unpaired) electrons. The Bertz CT molecular complexity index is 298. The molecule has 0 aliphatic heterocycles. The van der Waals surface area contributed by atoms with E-state index in [9.17, 15) is 10.2 Å². The van der Waals surface area contributed by atoms with E-state index in [2.05, 4.69) is 0 Å². The summed E-state index contributed by atoms with van der Waals surface area (Å²) in [4.78, 5) is 1.99. The molecule has 2 atom stereocenters. The fourth-order valence-corrected chi connectivity index (χ4v) is 2.14. The zero-order valence-corrected chi connectivity index (χ0v) is 9.93. The Morgan fingerprint density at radius 1 is 1.21 bits per heavy atom. The van der Waals surface area contributed by atoms with Crippen LogP contribution in [0.25, 0.3) is 0 Å². The molecular weight excluding hydrogens is 196 g/mol. The average molecular weight is 214 g/mol. The Morgan fingerprint density at radius 3 is 2.14 bits per heavy atom. The van der Waals surface area contributed by atoms with Gasteiger partial charge in [-0.2, -0.15) is 0 Å². The van der Waals surface area contributed by atoms with Crippen LogP contribution in [0.1, 0.15) is 36.6 Å². The number of aliphatic hydroxyl groups excluding tert-OH is 2. The van der Waals surface area contributed by atoms with E-state index in [-0.39, 0.29) is 5.41 Å². The van der Waals surface area contributed by atoms with Gasteiger partial charge in [-0.3, -0.25) is 0 Å². The van der Waals surface area contributed by atoms with E-state index in [0.29, 0.717) is 0 Å². The molecular formula is C11H18O2S. The SMILES string of the molecule is Cc1ccc(C(O)C(O)C(C)(C)C)s1. The van der Waals surface area contributed by atoms with E-state index < -0.39 is 12.2 Å². The van der Waals surface area contributed by atoms with Crippen molar-refractivity contribution in [2.24, 2.45) is 5.41 Å². The topological polar surface area (TPSA) is 40.5 Å². The van der Waals surface area contributed by atoms with E-state index in [1.165, 1.54) is 11.3 Å². The molecule has 1 rings (SSSR count). The highest BCUT2D eigenvalue weighted by Crippen LogP contribution is 2.32. The minimum Gasteiger partial charge on any atom is -0.389 e. The largest absolute Gasteiger partial charge is 0.389 e. The predicted molar refractivity (Wildman–Crippen MR) is 59.5 cm³/mol. The summed E-state index contributed by atoms with van der Waals surface area (Å²) in [6.07, 6.45) is -1.49. The fraction of sp³-hybridized carbons (Fsp3) is 0.636. The second-order valence-electron chi connectivity index (χ2n) is 4.70. The second-order valence-corrected chi connectivity index (χ2v) is 6.02. The third-order valence-corrected chi connectivity index (χ3v) is 3.31. The van der Waals surface area contributed by atoms with Crippen LogP contribution in [0.2, 0.25) is 0 Å². The normalized spacial score (nSPS) is 16.7. The molecule has 0 fully saturated rings. The molecule has 0 aromatic carbocycles. The van der Waals surface area contributed by atoms with Crippen molar-refractivity contribution < 1.29 is 10.2 Å². The summed E-state index contributed by atoms with van der Waals surface area (Å²) in [6.45, 7) is 7.74. The molecule has 1 aromatic rings.